The molecule has 110 valence electrons. The van der Waals surface area contributed by atoms with Gasteiger partial charge in [-0.2, -0.15) is 0 Å². The van der Waals surface area contributed by atoms with Gasteiger partial charge in [0.05, 0.1) is 18.8 Å². The molecule has 1 aromatic carbocycles. The van der Waals surface area contributed by atoms with Gasteiger partial charge in [-0.05, 0) is 18.4 Å². The molecule has 4 nitrogen and oxygen atoms in total. The van der Waals surface area contributed by atoms with Crippen LogP contribution in [-0.4, -0.2) is 29.9 Å². The van der Waals surface area contributed by atoms with Crippen molar-refractivity contribution in [2.24, 2.45) is 0 Å². The quantitative estimate of drug-likeness (QED) is 0.668. The van der Waals surface area contributed by atoms with Crippen LogP contribution in [0.1, 0.15) is 25.3 Å². The Labute approximate surface area is 120 Å². The molecule has 0 heterocycles. The fourth-order valence-electron chi connectivity index (χ4n) is 1.94. The van der Waals surface area contributed by atoms with Gasteiger partial charge in [0.1, 0.15) is 6.61 Å². The number of hydrogen-bond acceptors (Lipinski definition) is 3. The maximum absolute atomic E-state index is 10.6. The van der Waals surface area contributed by atoms with Crippen LogP contribution in [-0.2, 0) is 20.9 Å². The second-order valence-electron chi connectivity index (χ2n) is 4.51. The second-order valence-corrected chi connectivity index (χ2v) is 4.51. The molecule has 1 aromatic rings. The lowest BCUT2D eigenvalue weighted by Gasteiger charge is -2.25. The lowest BCUT2D eigenvalue weighted by atomic mass is 10.1. The van der Waals surface area contributed by atoms with Crippen LogP contribution in [0.3, 0.4) is 0 Å². The largest absolute Gasteiger partial charge is 0.480 e. The number of carboxylic acids is 1. The van der Waals surface area contributed by atoms with Crippen molar-refractivity contribution in [2.45, 2.75) is 38.6 Å². The summed E-state index contributed by atoms with van der Waals surface area (Å²) in [7, 11) is 0. The summed E-state index contributed by atoms with van der Waals surface area (Å²) in [5.41, 5.74) is 1.08. The van der Waals surface area contributed by atoms with Crippen molar-refractivity contribution in [2.75, 3.05) is 6.61 Å². The molecule has 0 bridgehead atoms. The lowest BCUT2D eigenvalue weighted by molar-refractivity contribution is -0.149. The van der Waals surface area contributed by atoms with Gasteiger partial charge in [0.25, 0.3) is 0 Å². The molecular weight excluding hydrogens is 256 g/mol. The Morgan fingerprint density at radius 2 is 2.00 bits per heavy atom. The van der Waals surface area contributed by atoms with Crippen molar-refractivity contribution >= 4 is 5.97 Å². The molecule has 0 unspecified atom stereocenters. The van der Waals surface area contributed by atoms with Crippen molar-refractivity contribution < 1.29 is 19.4 Å². The van der Waals surface area contributed by atoms with E-state index in [0.29, 0.717) is 19.4 Å². The molecule has 0 aliphatic heterocycles. The van der Waals surface area contributed by atoms with Crippen LogP contribution in [0.5, 0.6) is 0 Å². The number of carboxylic acid groups (broad SMARTS) is 1. The van der Waals surface area contributed by atoms with E-state index >= 15 is 0 Å². The number of carbonyl (C=O) groups is 1. The van der Waals surface area contributed by atoms with Gasteiger partial charge in [-0.3, -0.25) is 0 Å². The highest BCUT2D eigenvalue weighted by atomic mass is 16.5. The zero-order chi connectivity index (χ0) is 14.8. The van der Waals surface area contributed by atoms with E-state index in [1.165, 1.54) is 0 Å². The Hall–Kier alpha value is -1.65. The monoisotopic (exact) mass is 278 g/mol. The fraction of sp³-hybridized carbons (Fsp3) is 0.438. The summed E-state index contributed by atoms with van der Waals surface area (Å²) in [5, 5.41) is 8.69. The van der Waals surface area contributed by atoms with E-state index in [2.05, 4.69) is 6.58 Å². The third-order valence-corrected chi connectivity index (χ3v) is 2.94. The minimum absolute atomic E-state index is 0.183. The van der Waals surface area contributed by atoms with E-state index in [1.54, 1.807) is 6.08 Å². The fourth-order valence-corrected chi connectivity index (χ4v) is 1.94. The molecule has 0 aliphatic carbocycles. The second kappa shape index (κ2) is 9.28. The molecule has 0 saturated carbocycles. The summed E-state index contributed by atoms with van der Waals surface area (Å²) in [4.78, 5) is 10.6. The van der Waals surface area contributed by atoms with Crippen molar-refractivity contribution in [1.82, 2.24) is 0 Å². The predicted molar refractivity (Wildman–Crippen MR) is 77.5 cm³/mol. The maximum atomic E-state index is 10.6. The third kappa shape index (κ3) is 5.99. The van der Waals surface area contributed by atoms with Crippen LogP contribution in [0.4, 0.5) is 0 Å². The predicted octanol–water partition coefficient (Wildman–Crippen LogP) is 3.03. The van der Waals surface area contributed by atoms with Crippen LogP contribution in [0.25, 0.3) is 0 Å². The minimum atomic E-state index is -0.969. The molecule has 0 spiro atoms. The van der Waals surface area contributed by atoms with E-state index in [1.807, 2.05) is 37.3 Å². The summed E-state index contributed by atoms with van der Waals surface area (Å²) >= 11 is 0. The lowest BCUT2D eigenvalue weighted by Crippen LogP contribution is -2.32. The first kappa shape index (κ1) is 16.4. The zero-order valence-electron chi connectivity index (χ0n) is 11.8. The minimum Gasteiger partial charge on any atom is -0.480 e. The highest BCUT2D eigenvalue weighted by Crippen LogP contribution is 2.15. The van der Waals surface area contributed by atoms with Gasteiger partial charge in [0, 0.05) is 0 Å². The van der Waals surface area contributed by atoms with E-state index in [9.17, 15) is 4.79 Å². The van der Waals surface area contributed by atoms with E-state index in [4.69, 9.17) is 14.6 Å². The van der Waals surface area contributed by atoms with E-state index < -0.39 is 5.97 Å². The van der Waals surface area contributed by atoms with Gasteiger partial charge in [0.2, 0.25) is 0 Å². The van der Waals surface area contributed by atoms with Crippen LogP contribution >= 0.6 is 0 Å². The van der Waals surface area contributed by atoms with Gasteiger partial charge in [0.15, 0.2) is 0 Å². The maximum Gasteiger partial charge on any atom is 0.329 e. The van der Waals surface area contributed by atoms with Crippen LogP contribution in [0.15, 0.2) is 43.0 Å². The SMILES string of the molecule is C=CC[C@@H](OCc1ccccc1)[C@@H](CC)OCC(=O)O. The Bertz CT molecular complexity index is 402. The highest BCUT2D eigenvalue weighted by molar-refractivity contribution is 5.68. The molecule has 0 aromatic heterocycles. The molecule has 0 aliphatic rings. The van der Waals surface area contributed by atoms with Gasteiger partial charge in [-0.1, -0.05) is 43.3 Å². The van der Waals surface area contributed by atoms with E-state index in [-0.39, 0.29) is 18.8 Å². The van der Waals surface area contributed by atoms with Crippen molar-refractivity contribution in [3.05, 3.63) is 48.6 Å². The molecule has 0 fully saturated rings. The first-order valence-electron chi connectivity index (χ1n) is 6.77. The number of hydrogen-bond donors (Lipinski definition) is 1. The van der Waals surface area contributed by atoms with Crippen molar-refractivity contribution in [3.8, 4) is 0 Å². The molecule has 0 saturated heterocycles. The van der Waals surface area contributed by atoms with Gasteiger partial charge in [-0.15, -0.1) is 6.58 Å². The zero-order valence-corrected chi connectivity index (χ0v) is 11.8. The van der Waals surface area contributed by atoms with Crippen molar-refractivity contribution in [3.63, 3.8) is 0 Å². The molecule has 2 atom stereocenters. The topological polar surface area (TPSA) is 55.8 Å². The third-order valence-electron chi connectivity index (χ3n) is 2.94. The first-order chi connectivity index (χ1) is 9.67. The molecular formula is C16H22O4. The number of ether oxygens (including phenoxy) is 2. The Morgan fingerprint density at radius 1 is 1.30 bits per heavy atom. The number of benzene rings is 1. The van der Waals surface area contributed by atoms with Crippen LogP contribution < -0.4 is 0 Å². The summed E-state index contributed by atoms with van der Waals surface area (Å²) in [6, 6.07) is 9.85. The summed E-state index contributed by atoms with van der Waals surface area (Å²) in [6.07, 6.45) is 2.67. The summed E-state index contributed by atoms with van der Waals surface area (Å²) in [6.45, 7) is 5.84. The average molecular weight is 278 g/mol. The smallest absolute Gasteiger partial charge is 0.329 e. The van der Waals surface area contributed by atoms with Gasteiger partial charge < -0.3 is 14.6 Å². The van der Waals surface area contributed by atoms with Gasteiger partial charge in [-0.25, -0.2) is 4.79 Å². The number of rotatable bonds is 10. The molecule has 4 heteroatoms. The number of aliphatic carboxylic acids is 1. The molecule has 20 heavy (non-hydrogen) atoms. The standard InChI is InChI=1S/C16H22O4/c1-3-8-15(14(4-2)20-12-16(17)18)19-11-13-9-6-5-7-10-13/h3,5-7,9-10,14-15H,1,4,8,11-12H2,2H3,(H,17,18)/t14-,15-/m1/s1. The Morgan fingerprint density at radius 3 is 2.55 bits per heavy atom. The van der Waals surface area contributed by atoms with Crippen LogP contribution in [0, 0.1) is 0 Å². The van der Waals surface area contributed by atoms with Crippen LogP contribution in [0.2, 0.25) is 0 Å². The van der Waals surface area contributed by atoms with E-state index in [0.717, 1.165) is 5.56 Å². The van der Waals surface area contributed by atoms with Gasteiger partial charge >= 0.3 is 5.97 Å². The Kier molecular flexibility index (Phi) is 7.62. The first-order valence-corrected chi connectivity index (χ1v) is 6.77. The normalized spacial score (nSPS) is 13.7. The summed E-state index contributed by atoms with van der Waals surface area (Å²) in [5.74, 6) is -0.969. The molecule has 0 radical (unpaired) electrons. The summed E-state index contributed by atoms with van der Waals surface area (Å²) < 4.78 is 11.2. The van der Waals surface area contributed by atoms with Crippen molar-refractivity contribution in [1.29, 1.82) is 0 Å². The molecule has 0 amide bonds. The average Bonchev–Trinajstić information content (AvgIpc) is 2.46. The highest BCUT2D eigenvalue weighted by Gasteiger charge is 2.21. The molecule has 1 rings (SSSR count). The molecule has 1 N–H and O–H groups in total. The Balaban J connectivity index is 2.56.